The maximum Gasteiger partial charge on any atom is 0.409 e. The molecule has 8 nitrogen and oxygen atoms in total. The highest BCUT2D eigenvalue weighted by Gasteiger charge is 2.47. The van der Waals surface area contributed by atoms with Gasteiger partial charge in [-0.3, -0.25) is 0 Å². The van der Waals surface area contributed by atoms with E-state index in [-0.39, 0.29) is 36.2 Å². The number of carbonyl (C=O) groups excluding carboxylic acids is 1. The molecule has 3 saturated heterocycles. The second kappa shape index (κ2) is 10.9. The zero-order chi connectivity index (χ0) is 24.4. The van der Waals surface area contributed by atoms with E-state index < -0.39 is 16.1 Å². The molecule has 0 spiro atoms. The van der Waals surface area contributed by atoms with Crippen molar-refractivity contribution < 1.29 is 22.7 Å². The molecular formula is C25H36ClN3O5S. The molecule has 0 radical (unpaired) electrons. The first kappa shape index (κ1) is 25.3. The van der Waals surface area contributed by atoms with Crippen molar-refractivity contribution in [3.8, 4) is 0 Å². The summed E-state index contributed by atoms with van der Waals surface area (Å²) in [6.07, 6.45) is 7.38. The van der Waals surface area contributed by atoms with Crippen molar-refractivity contribution in [3.63, 3.8) is 0 Å². The number of sulfonamides is 1. The zero-order valence-corrected chi connectivity index (χ0v) is 21.8. The van der Waals surface area contributed by atoms with Gasteiger partial charge in [0.05, 0.1) is 30.2 Å². The molecule has 2 atom stereocenters. The Labute approximate surface area is 213 Å². The molecule has 0 unspecified atom stereocenters. The molecule has 35 heavy (non-hydrogen) atoms. The smallest absolute Gasteiger partial charge is 0.409 e. The molecule has 194 valence electrons. The van der Waals surface area contributed by atoms with E-state index in [0.717, 1.165) is 38.8 Å². The van der Waals surface area contributed by atoms with Crippen LogP contribution in [0.25, 0.3) is 0 Å². The predicted octanol–water partition coefficient (Wildman–Crippen LogP) is 3.60. The average Bonchev–Trinajstić information content (AvgIpc) is 3.73. The van der Waals surface area contributed by atoms with Gasteiger partial charge >= 0.3 is 6.09 Å². The molecule has 1 aromatic rings. The van der Waals surface area contributed by atoms with Crippen LogP contribution in [0.4, 0.5) is 4.79 Å². The molecule has 0 aromatic heterocycles. The first-order valence-corrected chi connectivity index (χ1v) is 14.8. The Morgan fingerprint density at radius 3 is 2.31 bits per heavy atom. The molecule has 0 bridgehead atoms. The van der Waals surface area contributed by atoms with E-state index in [1.165, 1.54) is 31.4 Å². The van der Waals surface area contributed by atoms with Crippen LogP contribution in [0, 0.1) is 5.92 Å². The largest absolute Gasteiger partial charge is 0.448 e. The van der Waals surface area contributed by atoms with Crippen LogP contribution in [0.5, 0.6) is 0 Å². The minimum absolute atomic E-state index is 0.0130. The standard InChI is InChI=1S/C25H36ClN3O5S/c26-20-6-8-23(9-7-20)35(31,32)29-22(16-33-18-24(29)19-4-5-19)17-34-25(30)28-14-10-21(11-15-28)27-12-2-1-3-13-27/h6-9,19,21-22,24H,1-5,10-18H2/t22-,24+/m1/s1. The van der Waals surface area contributed by atoms with Crippen LogP contribution in [0.3, 0.4) is 0 Å². The fourth-order valence-corrected chi connectivity index (χ4v) is 7.70. The molecule has 5 rings (SSSR count). The summed E-state index contributed by atoms with van der Waals surface area (Å²) in [6.45, 7) is 4.25. The first-order valence-electron chi connectivity index (χ1n) is 13.0. The summed E-state index contributed by atoms with van der Waals surface area (Å²) in [6, 6.07) is 6.00. The minimum atomic E-state index is -3.79. The van der Waals surface area contributed by atoms with Crippen LogP contribution < -0.4 is 0 Å². The lowest BCUT2D eigenvalue weighted by Crippen LogP contribution is -2.57. The van der Waals surface area contributed by atoms with Gasteiger partial charge in [-0.15, -0.1) is 0 Å². The molecule has 3 heterocycles. The van der Waals surface area contributed by atoms with E-state index in [9.17, 15) is 13.2 Å². The third-order valence-electron chi connectivity index (χ3n) is 7.87. The zero-order valence-electron chi connectivity index (χ0n) is 20.2. The van der Waals surface area contributed by atoms with E-state index >= 15 is 0 Å². The van der Waals surface area contributed by atoms with Crippen molar-refractivity contribution in [2.45, 2.75) is 68.0 Å². The lowest BCUT2D eigenvalue weighted by atomic mass is 10.0. The maximum absolute atomic E-state index is 13.7. The maximum atomic E-state index is 13.7. The summed E-state index contributed by atoms with van der Waals surface area (Å²) in [5.74, 6) is 0.282. The fourth-order valence-electron chi connectivity index (χ4n) is 5.75. The number of benzene rings is 1. The van der Waals surface area contributed by atoms with Gasteiger partial charge < -0.3 is 19.3 Å². The number of hydrogen-bond donors (Lipinski definition) is 0. The van der Waals surface area contributed by atoms with Crippen LogP contribution in [0.2, 0.25) is 5.02 Å². The van der Waals surface area contributed by atoms with Crippen molar-refractivity contribution in [2.24, 2.45) is 5.92 Å². The number of halogens is 1. The summed E-state index contributed by atoms with van der Waals surface area (Å²) < 4.78 is 40.4. The minimum Gasteiger partial charge on any atom is -0.448 e. The summed E-state index contributed by atoms with van der Waals surface area (Å²) in [5.41, 5.74) is 0. The summed E-state index contributed by atoms with van der Waals surface area (Å²) in [4.78, 5) is 17.4. The van der Waals surface area contributed by atoms with Gasteiger partial charge in [0.2, 0.25) is 10.0 Å². The Morgan fingerprint density at radius 1 is 0.971 bits per heavy atom. The Balaban J connectivity index is 1.22. The summed E-state index contributed by atoms with van der Waals surface area (Å²) >= 11 is 5.98. The number of nitrogens with zero attached hydrogens (tertiary/aromatic N) is 3. The molecule has 4 fully saturated rings. The van der Waals surface area contributed by atoms with Crippen LogP contribution >= 0.6 is 11.6 Å². The van der Waals surface area contributed by atoms with Crippen LogP contribution in [0.1, 0.15) is 44.9 Å². The second-order valence-corrected chi connectivity index (χ2v) is 12.6. The predicted molar refractivity (Wildman–Crippen MR) is 133 cm³/mol. The quantitative estimate of drug-likeness (QED) is 0.564. The Bertz CT molecular complexity index is 973. The molecule has 1 aliphatic carbocycles. The normalized spacial score (nSPS) is 27.6. The fraction of sp³-hybridized carbons (Fsp3) is 0.720. The Kier molecular flexibility index (Phi) is 7.89. The number of morpholine rings is 1. The lowest BCUT2D eigenvalue weighted by molar-refractivity contribution is -0.0367. The van der Waals surface area contributed by atoms with Crippen molar-refractivity contribution in [1.29, 1.82) is 0 Å². The van der Waals surface area contributed by atoms with Crippen molar-refractivity contribution in [2.75, 3.05) is 46.0 Å². The number of amides is 1. The third kappa shape index (κ3) is 5.80. The molecule has 4 aliphatic rings. The van der Waals surface area contributed by atoms with Crippen molar-refractivity contribution >= 4 is 27.7 Å². The van der Waals surface area contributed by atoms with Gasteiger partial charge in [0.15, 0.2) is 0 Å². The Hall–Kier alpha value is -1.39. The Morgan fingerprint density at radius 2 is 1.66 bits per heavy atom. The molecule has 1 aromatic carbocycles. The van der Waals surface area contributed by atoms with Gasteiger partial charge in [-0.25, -0.2) is 13.2 Å². The highest BCUT2D eigenvalue weighted by molar-refractivity contribution is 7.89. The molecule has 3 aliphatic heterocycles. The molecule has 10 heteroatoms. The number of ether oxygens (including phenoxy) is 2. The number of piperidine rings is 2. The van der Waals surface area contributed by atoms with Gasteiger partial charge in [-0.1, -0.05) is 18.0 Å². The number of rotatable bonds is 6. The number of hydrogen-bond acceptors (Lipinski definition) is 6. The summed E-state index contributed by atoms with van der Waals surface area (Å²) in [7, 11) is -3.79. The van der Waals surface area contributed by atoms with Crippen LogP contribution in [0.15, 0.2) is 29.2 Å². The van der Waals surface area contributed by atoms with E-state index in [1.807, 2.05) is 0 Å². The van der Waals surface area contributed by atoms with Gasteiger partial charge in [-0.2, -0.15) is 4.31 Å². The van der Waals surface area contributed by atoms with Crippen molar-refractivity contribution in [1.82, 2.24) is 14.1 Å². The topological polar surface area (TPSA) is 79.4 Å². The van der Waals surface area contributed by atoms with Crippen LogP contribution in [-0.4, -0.2) is 92.7 Å². The van der Waals surface area contributed by atoms with Gasteiger partial charge in [0.1, 0.15) is 6.61 Å². The highest BCUT2D eigenvalue weighted by Crippen LogP contribution is 2.40. The molecular weight excluding hydrogens is 490 g/mol. The molecule has 1 saturated carbocycles. The van der Waals surface area contributed by atoms with E-state index in [4.69, 9.17) is 21.1 Å². The van der Waals surface area contributed by atoms with Crippen LogP contribution in [-0.2, 0) is 19.5 Å². The van der Waals surface area contributed by atoms with Gasteiger partial charge in [0.25, 0.3) is 0 Å². The monoisotopic (exact) mass is 525 g/mol. The van der Waals surface area contributed by atoms with Crippen molar-refractivity contribution in [3.05, 3.63) is 29.3 Å². The van der Waals surface area contributed by atoms with Gasteiger partial charge in [-0.05, 0) is 81.8 Å². The van der Waals surface area contributed by atoms with E-state index in [2.05, 4.69) is 4.90 Å². The summed E-state index contributed by atoms with van der Waals surface area (Å²) in [5, 5.41) is 0.485. The average molecular weight is 526 g/mol. The lowest BCUT2D eigenvalue weighted by Gasteiger charge is -2.41. The van der Waals surface area contributed by atoms with E-state index in [1.54, 1.807) is 21.3 Å². The van der Waals surface area contributed by atoms with E-state index in [0.29, 0.717) is 30.8 Å². The van der Waals surface area contributed by atoms with Gasteiger partial charge in [0, 0.05) is 24.2 Å². The highest BCUT2D eigenvalue weighted by atomic mass is 35.5. The number of carbonyl (C=O) groups is 1. The SMILES string of the molecule is O=C(OC[C@H]1COC[C@@H](C2CC2)N1S(=O)(=O)c1ccc(Cl)cc1)N1CCC(N2CCCCC2)CC1. The number of likely N-dealkylation sites (tertiary alicyclic amines) is 2. The first-order chi connectivity index (χ1) is 16.9. The molecule has 0 N–H and O–H groups in total. The second-order valence-electron chi connectivity index (χ2n) is 10.3. The third-order valence-corrected chi connectivity index (χ3v) is 10.1. The molecule has 1 amide bonds.